The molecule has 86 valence electrons. The average molecular weight is 234 g/mol. The lowest BCUT2D eigenvalue weighted by atomic mass is 9.87. The van der Waals surface area contributed by atoms with Gasteiger partial charge in [-0.1, -0.05) is 11.6 Å². The molecule has 2 unspecified atom stereocenters. The fourth-order valence-corrected chi connectivity index (χ4v) is 2.38. The van der Waals surface area contributed by atoms with Crippen molar-refractivity contribution in [1.82, 2.24) is 4.90 Å². The Balaban J connectivity index is 1.82. The number of carbonyl (C=O) groups excluding carboxylic acids is 1. The normalized spacial score (nSPS) is 36.0. The molecule has 3 aliphatic rings. The van der Waals surface area contributed by atoms with Crippen LogP contribution in [0.15, 0.2) is 0 Å². The van der Waals surface area contributed by atoms with E-state index in [0.717, 1.165) is 19.5 Å². The largest absolute Gasteiger partial charge is 0.511 e. The molecule has 3 fully saturated rings. The molecule has 0 spiro atoms. The van der Waals surface area contributed by atoms with Crippen LogP contribution in [0.5, 0.6) is 0 Å². The maximum absolute atomic E-state index is 11.2. The van der Waals surface area contributed by atoms with Crippen molar-refractivity contribution in [2.24, 2.45) is 5.92 Å². The molecule has 15 heavy (non-hydrogen) atoms. The van der Waals surface area contributed by atoms with E-state index in [4.69, 9.17) is 21.1 Å². The maximum Gasteiger partial charge on any atom is 0.511 e. The molecule has 0 N–H and O–H groups in total. The SMILES string of the molecule is CC(Cl)OC(=O)OC1CC2CCN1CC2. The van der Waals surface area contributed by atoms with Gasteiger partial charge in [-0.2, -0.15) is 0 Å². The minimum absolute atomic E-state index is 0.0968. The Morgan fingerprint density at radius 2 is 2.13 bits per heavy atom. The van der Waals surface area contributed by atoms with Crippen LogP contribution in [0.4, 0.5) is 4.79 Å². The number of rotatable bonds is 2. The highest BCUT2D eigenvalue weighted by Gasteiger charge is 2.36. The fraction of sp³-hybridized carbons (Fsp3) is 0.900. The number of hydrogen-bond acceptors (Lipinski definition) is 4. The molecule has 4 nitrogen and oxygen atoms in total. The molecule has 3 saturated heterocycles. The van der Waals surface area contributed by atoms with Crippen molar-refractivity contribution in [3.05, 3.63) is 0 Å². The van der Waals surface area contributed by atoms with Crippen molar-refractivity contribution in [2.75, 3.05) is 13.1 Å². The smallest absolute Gasteiger partial charge is 0.415 e. The Labute approximate surface area is 94.5 Å². The molecule has 0 aromatic rings. The Kier molecular flexibility index (Phi) is 3.36. The van der Waals surface area contributed by atoms with E-state index in [9.17, 15) is 4.79 Å². The summed E-state index contributed by atoms with van der Waals surface area (Å²) >= 11 is 5.53. The first-order valence-electron chi connectivity index (χ1n) is 5.40. The lowest BCUT2D eigenvalue weighted by Gasteiger charge is -2.44. The molecule has 3 heterocycles. The van der Waals surface area contributed by atoms with Crippen LogP contribution in [0.25, 0.3) is 0 Å². The molecule has 3 rings (SSSR count). The minimum atomic E-state index is -0.657. The van der Waals surface area contributed by atoms with Crippen LogP contribution in [-0.2, 0) is 9.47 Å². The van der Waals surface area contributed by atoms with Crippen molar-refractivity contribution < 1.29 is 14.3 Å². The third kappa shape index (κ3) is 2.75. The van der Waals surface area contributed by atoms with Crippen LogP contribution in [0.2, 0.25) is 0 Å². The standard InChI is InChI=1S/C10H16ClNO3/c1-7(11)14-10(13)15-9-6-8-2-4-12(9)5-3-8/h7-9H,2-6H2,1H3. The summed E-state index contributed by atoms with van der Waals surface area (Å²) in [5.74, 6) is 0.709. The molecule has 0 aromatic heterocycles. The first-order chi connectivity index (χ1) is 7.15. The number of hydrogen-bond donors (Lipinski definition) is 0. The summed E-state index contributed by atoms with van der Waals surface area (Å²) < 4.78 is 9.95. The summed E-state index contributed by atoms with van der Waals surface area (Å²) in [6.07, 6.45) is 2.63. The van der Waals surface area contributed by atoms with Gasteiger partial charge in [-0.15, -0.1) is 0 Å². The summed E-state index contributed by atoms with van der Waals surface area (Å²) in [5, 5.41) is 0. The van der Waals surface area contributed by atoms with E-state index in [0.29, 0.717) is 5.92 Å². The maximum atomic E-state index is 11.2. The number of piperidine rings is 3. The van der Waals surface area contributed by atoms with E-state index in [1.807, 2.05) is 0 Å². The predicted molar refractivity (Wildman–Crippen MR) is 55.6 cm³/mol. The summed E-state index contributed by atoms with van der Waals surface area (Å²) in [6.45, 7) is 3.65. The van der Waals surface area contributed by atoms with E-state index < -0.39 is 11.7 Å². The number of fused-ring (bicyclic) bond motifs is 3. The van der Waals surface area contributed by atoms with Crippen LogP contribution in [0.1, 0.15) is 26.2 Å². The summed E-state index contributed by atoms with van der Waals surface area (Å²) in [4.78, 5) is 13.4. The number of nitrogens with zero attached hydrogens (tertiary/aromatic N) is 1. The van der Waals surface area contributed by atoms with Crippen LogP contribution in [0.3, 0.4) is 0 Å². The van der Waals surface area contributed by atoms with E-state index >= 15 is 0 Å². The second-order valence-electron chi connectivity index (χ2n) is 4.20. The van der Waals surface area contributed by atoms with E-state index in [-0.39, 0.29) is 6.23 Å². The van der Waals surface area contributed by atoms with Gasteiger partial charge in [0.25, 0.3) is 0 Å². The van der Waals surface area contributed by atoms with Crippen molar-refractivity contribution in [3.63, 3.8) is 0 Å². The second-order valence-corrected chi connectivity index (χ2v) is 4.81. The molecular weight excluding hydrogens is 218 g/mol. The molecule has 2 bridgehead atoms. The molecule has 0 aromatic carbocycles. The van der Waals surface area contributed by atoms with Crippen LogP contribution < -0.4 is 0 Å². The van der Waals surface area contributed by atoms with E-state index in [1.165, 1.54) is 12.8 Å². The lowest BCUT2D eigenvalue weighted by molar-refractivity contribution is -0.103. The van der Waals surface area contributed by atoms with Gasteiger partial charge >= 0.3 is 6.16 Å². The Morgan fingerprint density at radius 1 is 1.47 bits per heavy atom. The molecular formula is C10H16ClNO3. The Bertz CT molecular complexity index is 239. The zero-order chi connectivity index (χ0) is 10.8. The summed E-state index contributed by atoms with van der Waals surface area (Å²) in [5.41, 5.74) is -0.631. The monoisotopic (exact) mass is 233 g/mol. The van der Waals surface area contributed by atoms with Crippen molar-refractivity contribution in [3.8, 4) is 0 Å². The fourth-order valence-electron chi connectivity index (χ4n) is 2.30. The Hall–Kier alpha value is -0.480. The number of halogens is 1. The van der Waals surface area contributed by atoms with Gasteiger partial charge < -0.3 is 9.47 Å². The third-order valence-electron chi connectivity index (χ3n) is 3.08. The zero-order valence-corrected chi connectivity index (χ0v) is 9.57. The van der Waals surface area contributed by atoms with Crippen molar-refractivity contribution in [1.29, 1.82) is 0 Å². The summed E-state index contributed by atoms with van der Waals surface area (Å²) in [7, 11) is 0. The van der Waals surface area contributed by atoms with Crippen molar-refractivity contribution in [2.45, 2.75) is 38.0 Å². The number of alkyl halides is 1. The molecule has 5 heteroatoms. The zero-order valence-electron chi connectivity index (χ0n) is 8.82. The number of carbonyl (C=O) groups is 1. The van der Waals surface area contributed by atoms with Gasteiger partial charge in [-0.3, -0.25) is 4.90 Å². The van der Waals surface area contributed by atoms with Gasteiger partial charge in [0.2, 0.25) is 0 Å². The van der Waals surface area contributed by atoms with Crippen LogP contribution in [-0.4, -0.2) is 35.9 Å². The van der Waals surface area contributed by atoms with Gasteiger partial charge in [-0.05, 0) is 25.7 Å². The highest BCUT2D eigenvalue weighted by Crippen LogP contribution is 2.32. The van der Waals surface area contributed by atoms with Crippen molar-refractivity contribution >= 4 is 17.8 Å². The number of ether oxygens (including phenoxy) is 2. The molecule has 0 aliphatic carbocycles. The Morgan fingerprint density at radius 3 is 2.60 bits per heavy atom. The van der Waals surface area contributed by atoms with E-state index in [1.54, 1.807) is 6.92 Å². The first kappa shape index (κ1) is 11.0. The average Bonchev–Trinajstić information content (AvgIpc) is 2.17. The second kappa shape index (κ2) is 4.58. The van der Waals surface area contributed by atoms with Gasteiger partial charge in [0.15, 0.2) is 11.8 Å². The molecule has 0 amide bonds. The minimum Gasteiger partial charge on any atom is -0.415 e. The quantitative estimate of drug-likeness (QED) is 0.541. The topological polar surface area (TPSA) is 38.8 Å². The van der Waals surface area contributed by atoms with Gasteiger partial charge in [0.05, 0.1) is 0 Å². The first-order valence-corrected chi connectivity index (χ1v) is 5.84. The summed E-state index contributed by atoms with van der Waals surface area (Å²) in [6, 6.07) is 0. The van der Waals surface area contributed by atoms with Crippen LogP contribution in [0, 0.1) is 5.92 Å². The van der Waals surface area contributed by atoms with Gasteiger partial charge in [0.1, 0.15) is 0 Å². The molecule has 2 atom stereocenters. The van der Waals surface area contributed by atoms with E-state index in [2.05, 4.69) is 4.90 Å². The molecule has 0 radical (unpaired) electrons. The third-order valence-corrected chi connectivity index (χ3v) is 3.17. The van der Waals surface area contributed by atoms with Crippen LogP contribution >= 0.6 is 11.6 Å². The molecule has 0 saturated carbocycles. The lowest BCUT2D eigenvalue weighted by Crippen LogP contribution is -2.50. The predicted octanol–water partition coefficient (Wildman–Crippen LogP) is 2.17. The van der Waals surface area contributed by atoms with Gasteiger partial charge in [0, 0.05) is 19.5 Å². The van der Waals surface area contributed by atoms with Gasteiger partial charge in [-0.25, -0.2) is 4.79 Å². The highest BCUT2D eigenvalue weighted by atomic mass is 35.5. The highest BCUT2D eigenvalue weighted by molar-refractivity contribution is 6.19. The molecule has 3 aliphatic heterocycles.